The monoisotopic (exact) mass is 305 g/mol. The molecule has 0 aliphatic carbocycles. The number of rotatable bonds is 4. The molecule has 0 unspecified atom stereocenters. The molecule has 19 heavy (non-hydrogen) atoms. The molecule has 0 bridgehead atoms. The van der Waals surface area contributed by atoms with Gasteiger partial charge < -0.3 is 0 Å². The number of halogens is 3. The van der Waals surface area contributed by atoms with Crippen LogP contribution in [0, 0.1) is 21.7 Å². The first-order chi connectivity index (χ1) is 9.02. The third-order valence-corrected chi connectivity index (χ3v) is 3.45. The predicted molar refractivity (Wildman–Crippen MR) is 66.3 cm³/mol. The molecule has 2 rings (SSSR count). The highest BCUT2D eigenvalue weighted by atomic mass is 35.5. The second-order valence-electron chi connectivity index (χ2n) is 3.48. The number of nitro benzene ring substituents is 1. The van der Waals surface area contributed by atoms with Gasteiger partial charge in [-0.2, -0.15) is 0 Å². The van der Waals surface area contributed by atoms with Crippen LogP contribution in [0.3, 0.4) is 0 Å². The van der Waals surface area contributed by atoms with Gasteiger partial charge in [-0.1, -0.05) is 11.3 Å². The van der Waals surface area contributed by atoms with E-state index in [0.717, 1.165) is 17.4 Å². The van der Waals surface area contributed by atoms with E-state index in [1.54, 1.807) is 0 Å². The van der Waals surface area contributed by atoms with Gasteiger partial charge in [-0.3, -0.25) is 10.1 Å². The number of benzene rings is 1. The van der Waals surface area contributed by atoms with Crippen molar-refractivity contribution >= 4 is 28.6 Å². The van der Waals surface area contributed by atoms with Gasteiger partial charge in [-0.25, -0.2) is 8.78 Å². The molecule has 2 aromatic rings. The summed E-state index contributed by atoms with van der Waals surface area (Å²) in [5, 5.41) is 19.1. The smallest absolute Gasteiger partial charge is 0.258 e. The number of nitrogens with zero attached hydrogens (tertiary/aromatic N) is 3. The molecule has 0 spiro atoms. The molecule has 0 atom stereocenters. The number of aryl methyl sites for hydroxylation is 1. The topological polar surface area (TPSA) is 68.9 Å². The van der Waals surface area contributed by atoms with Crippen LogP contribution in [-0.4, -0.2) is 21.0 Å². The Morgan fingerprint density at radius 2 is 2.00 bits per heavy atom. The molecule has 5 nitrogen and oxygen atoms in total. The van der Waals surface area contributed by atoms with E-state index in [-0.39, 0.29) is 10.6 Å². The van der Waals surface area contributed by atoms with Crippen molar-refractivity contribution in [1.29, 1.82) is 0 Å². The highest BCUT2D eigenvalue weighted by Gasteiger charge is 2.22. The summed E-state index contributed by atoms with van der Waals surface area (Å²) in [5.41, 5.74) is -0.644. The van der Waals surface area contributed by atoms with Crippen molar-refractivity contribution in [2.24, 2.45) is 0 Å². The summed E-state index contributed by atoms with van der Waals surface area (Å²) in [4.78, 5) is 10.1. The van der Waals surface area contributed by atoms with Crippen molar-refractivity contribution < 1.29 is 13.7 Å². The molecule has 1 aromatic carbocycles. The van der Waals surface area contributed by atoms with Gasteiger partial charge in [-0.15, -0.1) is 21.8 Å². The zero-order valence-electron chi connectivity index (χ0n) is 9.27. The molecule has 100 valence electrons. The summed E-state index contributed by atoms with van der Waals surface area (Å²) in [6.45, 7) is 0. The van der Waals surface area contributed by atoms with E-state index < -0.39 is 22.2 Å². The Morgan fingerprint density at radius 1 is 1.32 bits per heavy atom. The molecular formula is C10H6ClF2N3O2S. The van der Waals surface area contributed by atoms with Crippen LogP contribution in [0.2, 0.25) is 0 Å². The van der Waals surface area contributed by atoms with E-state index in [4.69, 9.17) is 11.6 Å². The summed E-state index contributed by atoms with van der Waals surface area (Å²) in [5.74, 6) is -2.12. The van der Waals surface area contributed by atoms with Crippen LogP contribution in [0.4, 0.5) is 14.5 Å². The Hall–Kier alpha value is -1.67. The van der Waals surface area contributed by atoms with Crippen molar-refractivity contribution in [3.63, 3.8) is 0 Å². The number of hydrogen-bond donors (Lipinski definition) is 0. The molecule has 0 aliphatic rings. The van der Waals surface area contributed by atoms with E-state index in [0.29, 0.717) is 23.4 Å². The second-order valence-corrected chi connectivity index (χ2v) is 4.92. The number of hydrogen-bond acceptors (Lipinski definition) is 5. The van der Waals surface area contributed by atoms with Gasteiger partial charge in [0.05, 0.1) is 16.6 Å². The SMILES string of the molecule is O=[N+]([O-])c1cc(F)c(F)cc1-c1nnc(CCCl)s1. The first-order valence-corrected chi connectivity index (χ1v) is 6.40. The van der Waals surface area contributed by atoms with E-state index in [1.807, 2.05) is 0 Å². The Labute approximate surface area is 115 Å². The van der Waals surface area contributed by atoms with Crippen LogP contribution >= 0.6 is 22.9 Å². The molecular weight excluding hydrogens is 300 g/mol. The summed E-state index contributed by atoms with van der Waals surface area (Å²) in [7, 11) is 0. The van der Waals surface area contributed by atoms with Crippen molar-refractivity contribution in [2.45, 2.75) is 6.42 Å². The molecule has 0 aliphatic heterocycles. The minimum Gasteiger partial charge on any atom is -0.258 e. The zero-order valence-corrected chi connectivity index (χ0v) is 10.8. The lowest BCUT2D eigenvalue weighted by atomic mass is 10.2. The molecule has 0 N–H and O–H groups in total. The van der Waals surface area contributed by atoms with Crippen molar-refractivity contribution in [3.05, 3.63) is 38.9 Å². The van der Waals surface area contributed by atoms with Crippen molar-refractivity contribution in [1.82, 2.24) is 10.2 Å². The van der Waals surface area contributed by atoms with Gasteiger partial charge in [0, 0.05) is 12.3 Å². The number of aromatic nitrogens is 2. The lowest BCUT2D eigenvalue weighted by Crippen LogP contribution is -1.95. The Balaban J connectivity index is 2.53. The van der Waals surface area contributed by atoms with E-state index in [1.165, 1.54) is 0 Å². The lowest BCUT2D eigenvalue weighted by Gasteiger charge is -2.00. The van der Waals surface area contributed by atoms with Crippen LogP contribution < -0.4 is 0 Å². The first-order valence-electron chi connectivity index (χ1n) is 5.05. The third kappa shape index (κ3) is 2.85. The molecule has 0 saturated carbocycles. The van der Waals surface area contributed by atoms with Crippen LogP contribution in [0.1, 0.15) is 5.01 Å². The molecule has 0 radical (unpaired) electrons. The van der Waals surface area contributed by atoms with Gasteiger partial charge >= 0.3 is 0 Å². The molecule has 1 aromatic heterocycles. The minimum absolute atomic E-state index is 0.0952. The van der Waals surface area contributed by atoms with Gasteiger partial charge in [0.15, 0.2) is 16.6 Å². The highest BCUT2D eigenvalue weighted by molar-refractivity contribution is 7.14. The summed E-state index contributed by atoms with van der Waals surface area (Å²) in [6, 6.07) is 1.28. The van der Waals surface area contributed by atoms with Crippen LogP contribution in [0.5, 0.6) is 0 Å². The fourth-order valence-electron chi connectivity index (χ4n) is 1.40. The largest absolute Gasteiger partial charge is 0.282 e. The predicted octanol–water partition coefficient (Wildman–Crippen LogP) is 3.17. The van der Waals surface area contributed by atoms with Crippen LogP contribution in [0.15, 0.2) is 12.1 Å². The number of alkyl halides is 1. The Kier molecular flexibility index (Phi) is 4.01. The average molecular weight is 306 g/mol. The van der Waals surface area contributed by atoms with Gasteiger partial charge in [0.2, 0.25) is 0 Å². The quantitative estimate of drug-likeness (QED) is 0.494. The van der Waals surface area contributed by atoms with E-state index >= 15 is 0 Å². The maximum Gasteiger partial charge on any atom is 0.282 e. The Bertz CT molecular complexity index is 635. The number of nitro groups is 1. The molecule has 0 amide bonds. The summed E-state index contributed by atoms with van der Waals surface area (Å²) >= 11 is 6.60. The highest BCUT2D eigenvalue weighted by Crippen LogP contribution is 2.33. The van der Waals surface area contributed by atoms with E-state index in [2.05, 4.69) is 10.2 Å². The fraction of sp³-hybridized carbons (Fsp3) is 0.200. The standard InChI is InChI=1S/C10H6ClF2N3O2S/c11-2-1-9-14-15-10(19-9)5-3-6(12)7(13)4-8(5)16(17)18/h3-4H,1-2H2. The summed E-state index contributed by atoms with van der Waals surface area (Å²) < 4.78 is 26.2. The van der Waals surface area contributed by atoms with Gasteiger partial charge in [0.25, 0.3) is 5.69 Å². The first kappa shape index (κ1) is 13.8. The zero-order chi connectivity index (χ0) is 14.0. The molecule has 0 saturated heterocycles. The Morgan fingerprint density at radius 3 is 2.63 bits per heavy atom. The van der Waals surface area contributed by atoms with Gasteiger partial charge in [-0.05, 0) is 6.07 Å². The third-order valence-electron chi connectivity index (χ3n) is 2.24. The van der Waals surface area contributed by atoms with Crippen LogP contribution in [0.25, 0.3) is 10.6 Å². The normalized spacial score (nSPS) is 10.7. The van der Waals surface area contributed by atoms with Crippen molar-refractivity contribution in [2.75, 3.05) is 5.88 Å². The average Bonchev–Trinajstić information content (AvgIpc) is 2.81. The van der Waals surface area contributed by atoms with E-state index in [9.17, 15) is 18.9 Å². The molecule has 0 fully saturated rings. The summed E-state index contributed by atoms with van der Waals surface area (Å²) in [6.07, 6.45) is 0.455. The maximum absolute atomic E-state index is 13.2. The maximum atomic E-state index is 13.2. The lowest BCUT2D eigenvalue weighted by molar-refractivity contribution is -0.384. The fourth-order valence-corrected chi connectivity index (χ4v) is 2.56. The second kappa shape index (κ2) is 5.54. The molecule has 1 heterocycles. The minimum atomic E-state index is -1.28. The van der Waals surface area contributed by atoms with Crippen LogP contribution in [-0.2, 0) is 6.42 Å². The molecule has 9 heteroatoms. The van der Waals surface area contributed by atoms with Gasteiger partial charge in [0.1, 0.15) is 5.01 Å². The van der Waals surface area contributed by atoms with Crippen molar-refractivity contribution in [3.8, 4) is 10.6 Å².